The van der Waals surface area contributed by atoms with E-state index in [2.05, 4.69) is 36.4 Å². The van der Waals surface area contributed by atoms with Crippen LogP contribution in [0.3, 0.4) is 0 Å². The van der Waals surface area contributed by atoms with E-state index in [1.165, 1.54) is 0 Å². The monoisotopic (exact) mass is 254 g/mol. The van der Waals surface area contributed by atoms with Crippen molar-refractivity contribution >= 4 is 7.85 Å². The fraction of sp³-hybridized carbons (Fsp3) is 0.0526. The third kappa shape index (κ3) is 2.16. The molecule has 0 aromatic heterocycles. The summed E-state index contributed by atoms with van der Waals surface area (Å²) in [5.74, 6) is 0. The van der Waals surface area contributed by atoms with Gasteiger partial charge < -0.3 is 0 Å². The molecule has 0 aliphatic rings. The Kier molecular flexibility index (Phi) is 3.43. The molecule has 3 aromatic rings. The highest BCUT2D eigenvalue weighted by atomic mass is 14.3. The van der Waals surface area contributed by atoms with Crippen LogP contribution in [0.5, 0.6) is 0 Å². The summed E-state index contributed by atoms with van der Waals surface area (Å²) in [6.45, 7) is 0. The standard InChI is InChI=1S/C19H15B/c20-19(16-10-4-1-5-11-16,17-12-6-2-7-13-17)18-14-8-3-9-15-18/h1-15H. The van der Waals surface area contributed by atoms with E-state index in [-0.39, 0.29) is 0 Å². The Bertz CT molecular complexity index is 563. The molecule has 0 spiro atoms. The minimum atomic E-state index is -0.621. The van der Waals surface area contributed by atoms with E-state index in [1.807, 2.05) is 54.6 Å². The van der Waals surface area contributed by atoms with Gasteiger partial charge >= 0.3 is 0 Å². The van der Waals surface area contributed by atoms with E-state index in [1.54, 1.807) is 0 Å². The topological polar surface area (TPSA) is 0 Å². The minimum absolute atomic E-state index is 0.621. The molecule has 3 aromatic carbocycles. The lowest BCUT2D eigenvalue weighted by molar-refractivity contribution is 0.877. The largest absolute Gasteiger partial charge is 0.0940 e. The normalized spacial score (nSPS) is 11.2. The van der Waals surface area contributed by atoms with E-state index >= 15 is 0 Å². The molecular weight excluding hydrogens is 239 g/mol. The van der Waals surface area contributed by atoms with E-state index < -0.39 is 5.31 Å². The average molecular weight is 254 g/mol. The molecule has 0 N–H and O–H groups in total. The zero-order valence-electron chi connectivity index (χ0n) is 11.2. The Balaban J connectivity index is 2.24. The van der Waals surface area contributed by atoms with E-state index in [0.29, 0.717) is 0 Å². The maximum Gasteiger partial charge on any atom is 0.0940 e. The van der Waals surface area contributed by atoms with Crippen LogP contribution in [0.15, 0.2) is 91.0 Å². The smallest absolute Gasteiger partial charge is 0.0622 e. The average Bonchev–Trinajstić information content (AvgIpc) is 2.56. The van der Waals surface area contributed by atoms with Gasteiger partial charge in [-0.3, -0.25) is 0 Å². The number of benzene rings is 3. The van der Waals surface area contributed by atoms with Gasteiger partial charge in [-0.1, -0.05) is 91.0 Å². The molecule has 2 radical (unpaired) electrons. The van der Waals surface area contributed by atoms with Crippen molar-refractivity contribution in [2.45, 2.75) is 5.31 Å². The fourth-order valence-electron chi connectivity index (χ4n) is 2.60. The third-order valence-electron chi connectivity index (χ3n) is 3.69. The second kappa shape index (κ2) is 5.38. The molecule has 0 saturated carbocycles. The van der Waals surface area contributed by atoms with Gasteiger partial charge in [0.15, 0.2) is 0 Å². The summed E-state index contributed by atoms with van der Waals surface area (Å²) in [4.78, 5) is 0. The van der Waals surface area contributed by atoms with E-state index in [0.717, 1.165) is 16.7 Å². The molecule has 0 heterocycles. The van der Waals surface area contributed by atoms with Crippen LogP contribution in [-0.2, 0) is 5.31 Å². The first kappa shape index (κ1) is 12.7. The molecule has 0 bridgehead atoms. The molecule has 1 heteroatoms. The molecule has 0 atom stereocenters. The minimum Gasteiger partial charge on any atom is -0.0622 e. The molecule has 0 saturated heterocycles. The predicted octanol–water partition coefficient (Wildman–Crippen LogP) is 4.15. The lowest BCUT2D eigenvalue weighted by Gasteiger charge is -2.32. The van der Waals surface area contributed by atoms with E-state index in [9.17, 15) is 0 Å². The van der Waals surface area contributed by atoms with Crippen molar-refractivity contribution in [1.29, 1.82) is 0 Å². The maximum absolute atomic E-state index is 6.86. The van der Waals surface area contributed by atoms with Crippen LogP contribution in [0.25, 0.3) is 0 Å². The zero-order chi connectivity index (χ0) is 13.8. The zero-order valence-corrected chi connectivity index (χ0v) is 11.2. The Morgan fingerprint density at radius 3 is 0.950 bits per heavy atom. The highest BCUT2D eigenvalue weighted by molar-refractivity contribution is 6.20. The third-order valence-corrected chi connectivity index (χ3v) is 3.69. The van der Waals surface area contributed by atoms with Gasteiger partial charge in [0.05, 0.1) is 7.85 Å². The summed E-state index contributed by atoms with van der Waals surface area (Å²) in [7, 11) is 6.86. The predicted molar refractivity (Wildman–Crippen MR) is 85.0 cm³/mol. The van der Waals surface area contributed by atoms with Gasteiger partial charge in [0.2, 0.25) is 0 Å². The second-order valence-electron chi connectivity index (χ2n) is 4.91. The van der Waals surface area contributed by atoms with Gasteiger partial charge in [0.25, 0.3) is 0 Å². The van der Waals surface area contributed by atoms with Crippen molar-refractivity contribution in [3.8, 4) is 0 Å². The molecule has 3 rings (SSSR count). The SMILES string of the molecule is [B]C(c1ccccc1)(c1ccccc1)c1ccccc1. The van der Waals surface area contributed by atoms with Crippen molar-refractivity contribution in [2.75, 3.05) is 0 Å². The van der Waals surface area contributed by atoms with E-state index in [4.69, 9.17) is 7.85 Å². The number of hydrogen-bond acceptors (Lipinski definition) is 0. The molecule has 0 aliphatic heterocycles. The quantitative estimate of drug-likeness (QED) is 0.486. The second-order valence-corrected chi connectivity index (χ2v) is 4.91. The molecule has 94 valence electrons. The summed E-state index contributed by atoms with van der Waals surface area (Å²) in [6.07, 6.45) is 0. The molecule has 0 aliphatic carbocycles. The van der Waals surface area contributed by atoms with Gasteiger partial charge in [-0.05, 0) is 16.7 Å². The van der Waals surface area contributed by atoms with Gasteiger partial charge in [0, 0.05) is 5.31 Å². The maximum atomic E-state index is 6.86. The Labute approximate surface area is 121 Å². The van der Waals surface area contributed by atoms with Crippen LogP contribution in [-0.4, -0.2) is 7.85 Å². The van der Waals surface area contributed by atoms with Crippen molar-refractivity contribution in [3.63, 3.8) is 0 Å². The molecule has 20 heavy (non-hydrogen) atoms. The van der Waals surface area contributed by atoms with Crippen molar-refractivity contribution in [3.05, 3.63) is 108 Å². The molecule has 0 unspecified atom stereocenters. The number of hydrogen-bond donors (Lipinski definition) is 0. The Hall–Kier alpha value is -2.28. The van der Waals surface area contributed by atoms with Crippen molar-refractivity contribution in [1.82, 2.24) is 0 Å². The van der Waals surface area contributed by atoms with Crippen LogP contribution >= 0.6 is 0 Å². The summed E-state index contributed by atoms with van der Waals surface area (Å²) in [5.41, 5.74) is 3.28. The fourth-order valence-corrected chi connectivity index (χ4v) is 2.60. The van der Waals surface area contributed by atoms with Gasteiger partial charge in [-0.15, -0.1) is 0 Å². The van der Waals surface area contributed by atoms with Crippen LogP contribution < -0.4 is 0 Å². The lowest BCUT2D eigenvalue weighted by atomic mass is 9.56. The van der Waals surface area contributed by atoms with Gasteiger partial charge in [0.1, 0.15) is 0 Å². The Morgan fingerprint density at radius 1 is 0.450 bits per heavy atom. The molecule has 0 nitrogen and oxygen atoms in total. The summed E-state index contributed by atoms with van der Waals surface area (Å²) < 4.78 is 0. The molecule has 0 amide bonds. The molecular formula is C19H15B. The van der Waals surface area contributed by atoms with Crippen LogP contribution in [0, 0.1) is 0 Å². The first-order valence-corrected chi connectivity index (χ1v) is 6.77. The summed E-state index contributed by atoms with van der Waals surface area (Å²) in [5, 5.41) is -0.621. The first-order valence-electron chi connectivity index (χ1n) is 6.77. The van der Waals surface area contributed by atoms with Crippen LogP contribution in [0.1, 0.15) is 16.7 Å². The lowest BCUT2D eigenvalue weighted by Crippen LogP contribution is -2.29. The van der Waals surface area contributed by atoms with Crippen molar-refractivity contribution in [2.24, 2.45) is 0 Å². The van der Waals surface area contributed by atoms with Crippen LogP contribution in [0.4, 0.5) is 0 Å². The highest BCUT2D eigenvalue weighted by Gasteiger charge is 2.29. The number of rotatable bonds is 3. The Morgan fingerprint density at radius 2 is 0.700 bits per heavy atom. The van der Waals surface area contributed by atoms with Gasteiger partial charge in [-0.2, -0.15) is 0 Å². The summed E-state index contributed by atoms with van der Waals surface area (Å²) in [6, 6.07) is 30.7. The van der Waals surface area contributed by atoms with Crippen LogP contribution in [0.2, 0.25) is 0 Å². The highest BCUT2D eigenvalue weighted by Crippen LogP contribution is 2.35. The van der Waals surface area contributed by atoms with Crippen molar-refractivity contribution < 1.29 is 0 Å². The van der Waals surface area contributed by atoms with Gasteiger partial charge in [-0.25, -0.2) is 0 Å². The molecule has 0 fully saturated rings. The summed E-state index contributed by atoms with van der Waals surface area (Å²) >= 11 is 0. The first-order chi connectivity index (χ1) is 9.82.